The summed E-state index contributed by atoms with van der Waals surface area (Å²) in [6, 6.07) is 48.1. The highest BCUT2D eigenvalue weighted by Crippen LogP contribution is 2.46. The molecule has 0 amide bonds. The summed E-state index contributed by atoms with van der Waals surface area (Å²) in [7, 11) is 0. The van der Waals surface area contributed by atoms with Crippen molar-refractivity contribution in [3.8, 4) is 0 Å². The first-order valence-electron chi connectivity index (χ1n) is 39.5. The van der Waals surface area contributed by atoms with Gasteiger partial charge in [0.15, 0.2) is 5.58 Å². The molecule has 0 bridgehead atoms. The van der Waals surface area contributed by atoms with Crippen LogP contribution in [-0.4, -0.2) is 90.0 Å². The predicted octanol–water partition coefficient (Wildman–Crippen LogP) is 25.3. The molecule has 1 atom stereocenters. The Labute approximate surface area is 663 Å². The Morgan fingerprint density at radius 3 is 1.62 bits per heavy atom. The van der Waals surface area contributed by atoms with E-state index < -0.39 is 0 Å². The fourth-order valence-electron chi connectivity index (χ4n) is 13.8. The molecule has 1 aliphatic heterocycles. The summed E-state index contributed by atoms with van der Waals surface area (Å²) in [4.78, 5) is 21.7. The summed E-state index contributed by atoms with van der Waals surface area (Å²) in [5.41, 5.74) is 20.8. The largest absolute Gasteiger partial charge is 0.396 e. The van der Waals surface area contributed by atoms with Crippen LogP contribution >= 0.6 is 23.2 Å². The van der Waals surface area contributed by atoms with E-state index >= 15 is 0 Å². The summed E-state index contributed by atoms with van der Waals surface area (Å²) in [5.74, 6) is 1.13. The number of benzene rings is 7. The minimum absolute atomic E-state index is 0.0287. The molecule has 13 rings (SSSR count). The minimum Gasteiger partial charge on any atom is -0.396 e. The van der Waals surface area contributed by atoms with Crippen molar-refractivity contribution < 1.29 is 14.4 Å². The molecule has 0 spiro atoms. The van der Waals surface area contributed by atoms with Crippen LogP contribution < -0.4 is 0 Å². The van der Waals surface area contributed by atoms with Crippen molar-refractivity contribution in [2.24, 2.45) is 5.41 Å². The third-order valence-corrected chi connectivity index (χ3v) is 21.4. The highest BCUT2D eigenvalue weighted by Gasteiger charge is 2.40. The molecule has 588 valence electrons. The van der Waals surface area contributed by atoms with Gasteiger partial charge in [-0.2, -0.15) is 5.10 Å². The Morgan fingerprint density at radius 2 is 1.11 bits per heavy atom. The number of piperazine rings is 1. The number of aromatic nitrogens is 5. The topological polar surface area (TPSA) is 105 Å². The maximum atomic E-state index is 12.2. The fourth-order valence-corrected chi connectivity index (χ4v) is 14.4. The van der Waals surface area contributed by atoms with Gasteiger partial charge < -0.3 is 19.1 Å². The first-order chi connectivity index (χ1) is 49.9. The van der Waals surface area contributed by atoms with Gasteiger partial charge in [0.1, 0.15) is 5.78 Å². The van der Waals surface area contributed by atoms with Gasteiger partial charge >= 0.3 is 0 Å². The van der Waals surface area contributed by atoms with E-state index in [-0.39, 0.29) is 45.3 Å². The van der Waals surface area contributed by atoms with Crippen LogP contribution in [0, 0.1) is 40.0 Å². The fraction of sp³-hybridized carbons (Fsp3) is 0.521. The minimum atomic E-state index is 0.0287. The van der Waals surface area contributed by atoms with Crippen molar-refractivity contribution >= 4 is 61.8 Å². The number of carbonyl (C=O) groups excluding carboxylic acids is 1. The Hall–Kier alpha value is -6.92. The lowest BCUT2D eigenvalue weighted by Crippen LogP contribution is -2.53. The number of para-hydroxylation sites is 1. The van der Waals surface area contributed by atoms with Crippen LogP contribution in [-0.2, 0) is 50.4 Å². The molecule has 1 N–H and O–H groups in total. The van der Waals surface area contributed by atoms with Gasteiger partial charge in [0.2, 0.25) is 0 Å². The van der Waals surface area contributed by atoms with E-state index in [1.165, 1.54) is 123 Å². The van der Waals surface area contributed by atoms with Crippen LogP contribution in [0.3, 0.4) is 0 Å². The van der Waals surface area contributed by atoms with E-state index in [9.17, 15) is 4.79 Å². The first kappa shape index (κ1) is 90.0. The zero-order valence-electron chi connectivity index (χ0n) is 72.2. The number of halogens is 2. The number of hydrogen-bond donors (Lipinski definition) is 1. The number of rotatable bonds is 4. The van der Waals surface area contributed by atoms with E-state index in [4.69, 9.17) is 37.9 Å². The third kappa shape index (κ3) is 25.0. The lowest BCUT2D eigenvalue weighted by Gasteiger charge is -2.42. The molecular formula is C96H137Cl2N7O3. The summed E-state index contributed by atoms with van der Waals surface area (Å²) in [6.07, 6.45) is 5.83. The van der Waals surface area contributed by atoms with Crippen molar-refractivity contribution in [3.05, 3.63) is 229 Å². The molecule has 10 aromatic rings. The van der Waals surface area contributed by atoms with Gasteiger partial charge in [-0.1, -0.05) is 248 Å². The van der Waals surface area contributed by atoms with Crippen molar-refractivity contribution in [3.63, 3.8) is 0 Å². The van der Waals surface area contributed by atoms with Crippen LogP contribution in [0.4, 0.5) is 0 Å². The van der Waals surface area contributed by atoms with E-state index in [0.717, 1.165) is 34.2 Å². The molecule has 4 heterocycles. The number of ketones is 1. The molecule has 2 fully saturated rings. The highest BCUT2D eigenvalue weighted by atomic mass is 35.5. The molecule has 1 saturated heterocycles. The molecule has 108 heavy (non-hydrogen) atoms. The SMILES string of the molecule is CC(C)(C)c1ccc2ccccc2c1.CC(C)(C)c1cccc(Cl)c1Cl.CC(C)(C)c1ccccc1.CC(C)(C)c1noc2ccccc12.CCN1CCN(C(C)(C)C)CC1.Cc1c(CCO)c(C2CC2)nn1C(C)(C)C.Cc1cc2ncn(C(C)(C)C)c2cc1C.Cc1ccc(C)c2c1CC(=O)C2C(C)(C)C. The van der Waals surface area contributed by atoms with Crippen molar-refractivity contribution in [1.29, 1.82) is 0 Å². The number of aliphatic hydroxyl groups excluding tert-OH is 1. The number of aryl methyl sites for hydroxylation is 4. The first-order valence-corrected chi connectivity index (χ1v) is 40.2. The summed E-state index contributed by atoms with van der Waals surface area (Å²) in [6.45, 7) is 71.9. The molecule has 2 aliphatic carbocycles. The maximum Gasteiger partial charge on any atom is 0.167 e. The van der Waals surface area contributed by atoms with Gasteiger partial charge in [0.25, 0.3) is 0 Å². The molecule has 3 aliphatic rings. The molecular weight excluding hydrogens is 1370 g/mol. The molecule has 1 unspecified atom stereocenters. The normalized spacial score (nSPS) is 15.1. The van der Waals surface area contributed by atoms with Crippen molar-refractivity contribution in [2.75, 3.05) is 39.3 Å². The van der Waals surface area contributed by atoms with Crippen LogP contribution in [0.25, 0.3) is 32.8 Å². The molecule has 10 nitrogen and oxygen atoms in total. The van der Waals surface area contributed by atoms with Gasteiger partial charge in [-0.25, -0.2) is 4.98 Å². The van der Waals surface area contributed by atoms with Gasteiger partial charge in [-0.3, -0.25) is 14.4 Å². The van der Waals surface area contributed by atoms with E-state index in [1.807, 2.05) is 42.7 Å². The quantitative estimate of drug-likeness (QED) is 0.186. The van der Waals surface area contributed by atoms with Crippen LogP contribution in [0.15, 0.2) is 150 Å². The number of hydrogen-bond acceptors (Lipinski definition) is 8. The standard InChI is InChI=1S/C15H20O.C14H16.C13H22N2O.C13H18N2.C11H13NO.C10H12Cl2.C10H22N2.C10H14/c1-9-6-7-10(2)13-11(9)8-12(16)14(13)15(3,4)5;1-14(2,3)13-9-8-11-6-4-5-7-12(11)10-13;1-9-11(7-8-16)12(10-5-6-10)14-15(9)13(2,3)4;1-9-6-11-12(7-10(9)2)15(8-14-11)13(3,4)5;1-11(2,3)10-8-6-4-5-7-9(8)13-12-10;1-10(2,3)7-5-4-6-8(11)9(7)12;1-5-11-6-8-12(9-7-11)10(2,3)4;1-10(2,3)9-7-5-4-6-8-9/h6-7,14H,8H2,1-5H3;4-10H,1-3H3;10,16H,5-8H2,1-4H3;6-8H,1-5H3;4-7H,1-3H3;4-6H,1-3H3;5-9H2,1-4H3;4-8H,1-3H3. The number of likely N-dealkylation sites (N-methyl/N-ethyl adjacent to an activating group) is 1. The van der Waals surface area contributed by atoms with Crippen molar-refractivity contribution in [1.82, 2.24) is 34.3 Å². The van der Waals surface area contributed by atoms with E-state index in [1.54, 1.807) is 6.07 Å². The van der Waals surface area contributed by atoms with Gasteiger partial charge in [-0.15, -0.1) is 0 Å². The second-order valence-corrected chi connectivity index (χ2v) is 39.0. The summed E-state index contributed by atoms with van der Waals surface area (Å²) >= 11 is 11.9. The molecule has 0 radical (unpaired) electrons. The Kier molecular flexibility index (Phi) is 30.8. The Balaban J connectivity index is 0.000000194. The zero-order valence-corrected chi connectivity index (χ0v) is 73.7. The highest BCUT2D eigenvalue weighted by molar-refractivity contribution is 6.42. The number of nitrogens with zero attached hydrogens (tertiary/aromatic N) is 7. The zero-order chi connectivity index (χ0) is 81.0. The van der Waals surface area contributed by atoms with Gasteiger partial charge in [0, 0.05) is 78.6 Å². The molecule has 3 aromatic heterocycles. The number of carbonyl (C=O) groups is 1. The third-order valence-electron chi connectivity index (χ3n) is 20.6. The number of fused-ring (bicyclic) bond motifs is 4. The smallest absolute Gasteiger partial charge is 0.167 e. The Bertz CT molecular complexity index is 4520. The Morgan fingerprint density at radius 1 is 0.546 bits per heavy atom. The van der Waals surface area contributed by atoms with Crippen molar-refractivity contribution in [2.45, 2.75) is 284 Å². The van der Waals surface area contributed by atoms with Gasteiger partial charge in [-0.05, 0) is 241 Å². The van der Waals surface area contributed by atoms with Gasteiger partial charge in [0.05, 0.1) is 44.3 Å². The summed E-state index contributed by atoms with van der Waals surface area (Å²) < 4.78 is 9.57. The van der Waals surface area contributed by atoms with E-state index in [0.29, 0.717) is 39.1 Å². The van der Waals surface area contributed by atoms with E-state index in [2.05, 4.69) is 334 Å². The average molecular weight is 1510 g/mol. The maximum absolute atomic E-state index is 12.2. The summed E-state index contributed by atoms with van der Waals surface area (Å²) in [5, 5.41) is 23.1. The number of imidazole rings is 1. The number of aliphatic hydroxyl groups is 1. The lowest BCUT2D eigenvalue weighted by molar-refractivity contribution is -0.121. The monoisotopic (exact) mass is 1510 g/mol. The van der Waals surface area contributed by atoms with Crippen LogP contribution in [0.2, 0.25) is 10.0 Å². The molecule has 7 aromatic carbocycles. The average Bonchev–Trinajstić information content (AvgIpc) is 1.69. The second-order valence-electron chi connectivity index (χ2n) is 38.2. The lowest BCUT2D eigenvalue weighted by atomic mass is 9.75. The number of Topliss-reactive ketones (excluding diaryl/α,β-unsaturated/α-hetero) is 1. The molecule has 12 heteroatoms. The van der Waals surface area contributed by atoms with Crippen LogP contribution in [0.5, 0.6) is 0 Å². The predicted molar refractivity (Wildman–Crippen MR) is 465 cm³/mol. The van der Waals surface area contributed by atoms with Crippen LogP contribution in [0.1, 0.15) is 270 Å². The second kappa shape index (κ2) is 36.9. The molecule has 1 saturated carbocycles.